The second-order valence-electron chi connectivity index (χ2n) is 5.80. The van der Waals surface area contributed by atoms with Crippen molar-refractivity contribution >= 4 is 28.3 Å². The van der Waals surface area contributed by atoms with Crippen LogP contribution in [0, 0.1) is 0 Å². The van der Waals surface area contributed by atoms with E-state index in [-0.39, 0.29) is 18.0 Å². The van der Waals surface area contributed by atoms with E-state index in [0.29, 0.717) is 22.5 Å². The van der Waals surface area contributed by atoms with E-state index < -0.39 is 0 Å². The van der Waals surface area contributed by atoms with Gasteiger partial charge >= 0.3 is 0 Å². The number of carbonyl (C=O) groups excluding carboxylic acids is 1. The van der Waals surface area contributed by atoms with Gasteiger partial charge in [-0.15, -0.1) is 0 Å². The quantitative estimate of drug-likeness (QED) is 0.713. The van der Waals surface area contributed by atoms with Crippen molar-refractivity contribution in [1.29, 1.82) is 0 Å². The van der Waals surface area contributed by atoms with E-state index >= 15 is 0 Å². The number of aryl methyl sites for hydroxylation is 1. The topological polar surface area (TPSA) is 74.8 Å². The number of nitrogens with zero attached hydrogens (tertiary/aromatic N) is 1. The van der Waals surface area contributed by atoms with Gasteiger partial charge in [0.2, 0.25) is 5.91 Å². The average molecular weight is 356 g/mol. The maximum Gasteiger partial charge on any atom is 0.272 e. The summed E-state index contributed by atoms with van der Waals surface area (Å²) in [7, 11) is 0. The van der Waals surface area contributed by atoms with Gasteiger partial charge in [0.25, 0.3) is 5.56 Å². The lowest BCUT2D eigenvalue weighted by Crippen LogP contribution is -2.24. The molecule has 0 aliphatic carbocycles. The van der Waals surface area contributed by atoms with Crippen LogP contribution in [0.3, 0.4) is 0 Å². The van der Waals surface area contributed by atoms with E-state index in [1.165, 1.54) is 0 Å². The molecule has 2 N–H and O–H groups in total. The molecular formula is C19H18ClN3O2. The summed E-state index contributed by atoms with van der Waals surface area (Å²) in [5.74, 6) is -0.0361. The molecule has 3 aromatic rings. The highest BCUT2D eigenvalue weighted by Gasteiger charge is 2.08. The monoisotopic (exact) mass is 355 g/mol. The summed E-state index contributed by atoms with van der Waals surface area (Å²) >= 11 is 5.85. The zero-order valence-corrected chi connectivity index (χ0v) is 14.3. The molecule has 0 aliphatic rings. The highest BCUT2D eigenvalue weighted by atomic mass is 35.5. The van der Waals surface area contributed by atoms with Crippen LogP contribution in [0.1, 0.15) is 24.1 Å². The minimum Gasteiger partial charge on any atom is -0.350 e. The Morgan fingerprint density at radius 2 is 1.80 bits per heavy atom. The molecule has 0 spiro atoms. The Kier molecular flexibility index (Phi) is 5.46. The number of carbonyl (C=O) groups is 1. The van der Waals surface area contributed by atoms with Gasteiger partial charge in [-0.1, -0.05) is 41.9 Å². The van der Waals surface area contributed by atoms with Crippen LogP contribution >= 0.6 is 11.6 Å². The molecule has 128 valence electrons. The normalized spacial score (nSPS) is 10.8. The third-order valence-electron chi connectivity index (χ3n) is 4.01. The maximum atomic E-state index is 12.0. The first-order valence-electron chi connectivity index (χ1n) is 8.11. The van der Waals surface area contributed by atoms with Gasteiger partial charge in [0.15, 0.2) is 0 Å². The van der Waals surface area contributed by atoms with Crippen LogP contribution in [-0.2, 0) is 17.8 Å². The molecule has 0 aliphatic heterocycles. The number of amides is 1. The molecule has 0 saturated heterocycles. The van der Waals surface area contributed by atoms with E-state index in [0.717, 1.165) is 23.8 Å². The molecule has 0 bridgehead atoms. The third-order valence-corrected chi connectivity index (χ3v) is 4.26. The fourth-order valence-corrected chi connectivity index (χ4v) is 2.81. The molecule has 0 saturated carbocycles. The Morgan fingerprint density at radius 3 is 2.56 bits per heavy atom. The molecule has 0 unspecified atom stereocenters. The summed E-state index contributed by atoms with van der Waals surface area (Å²) in [4.78, 5) is 23.8. The smallest absolute Gasteiger partial charge is 0.272 e. The maximum absolute atomic E-state index is 12.0. The number of hydrogen-bond donors (Lipinski definition) is 2. The Morgan fingerprint density at radius 1 is 1.08 bits per heavy atom. The second-order valence-corrected chi connectivity index (χ2v) is 6.24. The molecule has 0 radical (unpaired) electrons. The highest BCUT2D eigenvalue weighted by Crippen LogP contribution is 2.13. The van der Waals surface area contributed by atoms with Gasteiger partial charge in [0, 0.05) is 16.8 Å². The molecule has 2 aromatic carbocycles. The van der Waals surface area contributed by atoms with E-state index in [9.17, 15) is 9.59 Å². The van der Waals surface area contributed by atoms with E-state index in [4.69, 9.17) is 11.6 Å². The lowest BCUT2D eigenvalue weighted by atomic mass is 10.1. The van der Waals surface area contributed by atoms with Gasteiger partial charge in [-0.2, -0.15) is 5.10 Å². The number of aromatic nitrogens is 2. The fraction of sp³-hybridized carbons (Fsp3) is 0.211. The van der Waals surface area contributed by atoms with Crippen LogP contribution in [0.5, 0.6) is 0 Å². The zero-order valence-electron chi connectivity index (χ0n) is 13.6. The summed E-state index contributed by atoms with van der Waals surface area (Å²) < 4.78 is 0. The molecule has 6 heteroatoms. The molecule has 1 amide bonds. The second kappa shape index (κ2) is 7.94. The highest BCUT2D eigenvalue weighted by molar-refractivity contribution is 6.30. The Hall–Kier alpha value is -2.66. The molecule has 1 aromatic heterocycles. The van der Waals surface area contributed by atoms with Gasteiger partial charge < -0.3 is 5.32 Å². The summed E-state index contributed by atoms with van der Waals surface area (Å²) in [6.07, 6.45) is 2.02. The van der Waals surface area contributed by atoms with Crippen molar-refractivity contribution in [1.82, 2.24) is 15.5 Å². The van der Waals surface area contributed by atoms with Gasteiger partial charge in [0.1, 0.15) is 0 Å². The van der Waals surface area contributed by atoms with Crippen molar-refractivity contribution in [3.63, 3.8) is 0 Å². The predicted molar refractivity (Wildman–Crippen MR) is 98.6 cm³/mol. The van der Waals surface area contributed by atoms with Crippen LogP contribution in [0.15, 0.2) is 53.3 Å². The number of halogens is 1. The summed E-state index contributed by atoms with van der Waals surface area (Å²) in [5, 5.41) is 11.4. The van der Waals surface area contributed by atoms with Crippen molar-refractivity contribution in [2.45, 2.75) is 25.8 Å². The number of fused-ring (bicyclic) bond motifs is 1. The lowest BCUT2D eigenvalue weighted by molar-refractivity contribution is -0.121. The first-order chi connectivity index (χ1) is 12.1. The van der Waals surface area contributed by atoms with Crippen molar-refractivity contribution in [3.05, 3.63) is 75.2 Å². The Balaban J connectivity index is 1.53. The largest absolute Gasteiger partial charge is 0.350 e. The van der Waals surface area contributed by atoms with Gasteiger partial charge in [0.05, 0.1) is 17.6 Å². The number of hydrogen-bond acceptors (Lipinski definition) is 3. The molecule has 25 heavy (non-hydrogen) atoms. The van der Waals surface area contributed by atoms with Crippen LogP contribution < -0.4 is 10.9 Å². The van der Waals surface area contributed by atoms with Crippen LogP contribution in [-0.4, -0.2) is 16.1 Å². The number of aromatic amines is 1. The van der Waals surface area contributed by atoms with Crippen molar-refractivity contribution in [2.75, 3.05) is 0 Å². The average Bonchev–Trinajstić information content (AvgIpc) is 2.63. The standard InChI is InChI=1S/C19H18ClN3O2/c20-14-10-8-13(9-11-14)4-3-7-18(24)21-12-17-15-5-1-2-6-16(15)19(25)23-22-17/h1-2,5-6,8-11H,3-4,7,12H2,(H,21,24)(H,23,25). The Bertz CT molecular complexity index is 935. The van der Waals surface area contributed by atoms with E-state index in [2.05, 4.69) is 15.5 Å². The van der Waals surface area contributed by atoms with E-state index in [1.54, 1.807) is 12.1 Å². The molecule has 3 rings (SSSR count). The lowest BCUT2D eigenvalue weighted by Gasteiger charge is -2.07. The first kappa shape index (κ1) is 17.2. The first-order valence-corrected chi connectivity index (χ1v) is 8.49. The molecule has 0 fully saturated rings. The fourth-order valence-electron chi connectivity index (χ4n) is 2.68. The Labute approximate surface area is 150 Å². The van der Waals surface area contributed by atoms with Crippen LogP contribution in [0.4, 0.5) is 0 Å². The predicted octanol–water partition coefficient (Wildman–Crippen LogP) is 3.22. The zero-order chi connectivity index (χ0) is 17.6. The number of benzene rings is 2. The van der Waals surface area contributed by atoms with E-state index in [1.807, 2.05) is 36.4 Å². The van der Waals surface area contributed by atoms with Crippen molar-refractivity contribution in [2.24, 2.45) is 0 Å². The van der Waals surface area contributed by atoms with Crippen LogP contribution in [0.25, 0.3) is 10.8 Å². The number of nitrogens with one attached hydrogen (secondary N) is 2. The van der Waals surface area contributed by atoms with Crippen molar-refractivity contribution < 1.29 is 4.79 Å². The van der Waals surface area contributed by atoms with Gasteiger partial charge in [-0.05, 0) is 36.6 Å². The van der Waals surface area contributed by atoms with Gasteiger partial charge in [-0.25, -0.2) is 5.10 Å². The summed E-state index contributed by atoms with van der Waals surface area (Å²) in [6.45, 7) is 0.289. The van der Waals surface area contributed by atoms with Crippen molar-refractivity contribution in [3.8, 4) is 0 Å². The number of rotatable bonds is 6. The molecule has 1 heterocycles. The minimum absolute atomic E-state index is 0.0361. The molecule has 5 nitrogen and oxygen atoms in total. The molecule has 0 atom stereocenters. The number of H-pyrrole nitrogens is 1. The van der Waals surface area contributed by atoms with Crippen LogP contribution in [0.2, 0.25) is 5.02 Å². The SMILES string of the molecule is O=C(CCCc1ccc(Cl)cc1)NCc1n[nH]c(=O)c2ccccc12. The minimum atomic E-state index is -0.228. The summed E-state index contributed by atoms with van der Waals surface area (Å²) in [5.41, 5.74) is 1.58. The third kappa shape index (κ3) is 4.45. The molecular weight excluding hydrogens is 338 g/mol. The summed E-state index contributed by atoms with van der Waals surface area (Å²) in [6, 6.07) is 14.9. The van der Waals surface area contributed by atoms with Gasteiger partial charge in [-0.3, -0.25) is 9.59 Å².